The lowest BCUT2D eigenvalue weighted by molar-refractivity contribution is 0.226. The van der Waals surface area contributed by atoms with Crippen molar-refractivity contribution in [2.75, 3.05) is 14.2 Å². The maximum Gasteiger partial charge on any atom is 0.258 e. The predicted molar refractivity (Wildman–Crippen MR) is 125 cm³/mol. The first-order chi connectivity index (χ1) is 14.2. The molecule has 1 aliphatic rings. The number of nitrogens with zero attached hydrogens (tertiary/aromatic N) is 1. The van der Waals surface area contributed by atoms with E-state index in [0.29, 0.717) is 23.0 Å². The number of methoxy groups -OCH3 is 2. The van der Waals surface area contributed by atoms with E-state index >= 15 is 0 Å². The van der Waals surface area contributed by atoms with E-state index < -0.39 is 13.7 Å². The smallest absolute Gasteiger partial charge is 0.258 e. The fourth-order valence-corrected chi connectivity index (χ4v) is 10.4. The van der Waals surface area contributed by atoms with Crippen molar-refractivity contribution in [3.63, 3.8) is 0 Å². The summed E-state index contributed by atoms with van der Waals surface area (Å²) < 4.78 is 18.3. The first-order valence-electron chi connectivity index (χ1n) is 10.8. The van der Waals surface area contributed by atoms with Gasteiger partial charge in [0.2, 0.25) is 0 Å². The molecule has 0 unspecified atom stereocenters. The minimum atomic E-state index is -2.16. The van der Waals surface area contributed by atoms with Gasteiger partial charge in [-0.1, -0.05) is 59.7 Å². The van der Waals surface area contributed by atoms with E-state index in [-0.39, 0.29) is 6.42 Å². The molecule has 0 aliphatic heterocycles. The van der Waals surface area contributed by atoms with E-state index in [1.165, 1.54) is 0 Å². The molecule has 0 atom stereocenters. The van der Waals surface area contributed by atoms with Crippen molar-refractivity contribution in [3.05, 3.63) is 53.5 Å². The monoisotopic (exact) mass is 427 g/mol. The average molecular weight is 428 g/mol. The highest BCUT2D eigenvalue weighted by atomic mass is 28.4. The van der Waals surface area contributed by atoms with Crippen LogP contribution in [0.2, 0.25) is 16.6 Å². The van der Waals surface area contributed by atoms with Crippen LogP contribution in [0.1, 0.15) is 59.9 Å². The first-order valence-corrected chi connectivity index (χ1v) is 13.0. The Kier molecular flexibility index (Phi) is 7.82. The molecule has 4 nitrogen and oxygen atoms in total. The van der Waals surface area contributed by atoms with Crippen LogP contribution in [-0.4, -0.2) is 22.5 Å². The molecule has 0 aromatic heterocycles. The zero-order valence-electron chi connectivity index (χ0n) is 19.8. The van der Waals surface area contributed by atoms with Gasteiger partial charge in [0.1, 0.15) is 17.3 Å². The second-order valence-electron chi connectivity index (χ2n) is 9.10. The SMILES string of the molecule is COC1=CC(CC#N)(c2ccccc2O[Si](C(C)C)(C(C)C)C(C)C)C=C(OC)C1. The number of para-hydroxylation sites is 1. The largest absolute Gasteiger partial charge is 0.542 e. The Labute approximate surface area is 183 Å². The number of hydrogen-bond donors (Lipinski definition) is 0. The molecule has 0 N–H and O–H groups in total. The number of benzene rings is 1. The first kappa shape index (κ1) is 24.1. The van der Waals surface area contributed by atoms with Gasteiger partial charge in [-0.15, -0.1) is 0 Å². The molecular weight excluding hydrogens is 390 g/mol. The minimum Gasteiger partial charge on any atom is -0.542 e. The highest BCUT2D eigenvalue weighted by Crippen LogP contribution is 2.47. The molecule has 1 aromatic rings. The Morgan fingerprint density at radius 1 is 0.933 bits per heavy atom. The van der Waals surface area contributed by atoms with Gasteiger partial charge in [-0.2, -0.15) is 5.26 Å². The summed E-state index contributed by atoms with van der Waals surface area (Å²) in [5.41, 5.74) is 1.72. The molecule has 164 valence electrons. The fraction of sp³-hybridized carbons (Fsp3) is 0.560. The van der Waals surface area contributed by atoms with Crippen LogP contribution >= 0.6 is 0 Å². The zero-order valence-corrected chi connectivity index (χ0v) is 20.8. The van der Waals surface area contributed by atoms with Gasteiger partial charge in [0.15, 0.2) is 0 Å². The van der Waals surface area contributed by atoms with Gasteiger partial charge < -0.3 is 13.9 Å². The van der Waals surface area contributed by atoms with Crippen molar-refractivity contribution >= 4 is 8.32 Å². The minimum absolute atomic E-state index is 0.284. The lowest BCUT2D eigenvalue weighted by atomic mass is 9.74. The van der Waals surface area contributed by atoms with Crippen LogP contribution in [-0.2, 0) is 14.9 Å². The molecule has 0 amide bonds. The summed E-state index contributed by atoms with van der Waals surface area (Å²) in [7, 11) is 1.17. The zero-order chi connectivity index (χ0) is 22.5. The normalized spacial score (nSPS) is 16.2. The van der Waals surface area contributed by atoms with Gasteiger partial charge in [0.05, 0.1) is 38.5 Å². The van der Waals surface area contributed by atoms with Crippen LogP contribution in [0, 0.1) is 11.3 Å². The van der Waals surface area contributed by atoms with Gasteiger partial charge >= 0.3 is 0 Å². The number of nitriles is 1. The summed E-state index contributed by atoms with van der Waals surface area (Å²) in [6.45, 7) is 13.7. The molecule has 0 spiro atoms. The van der Waals surface area contributed by atoms with Crippen molar-refractivity contribution in [2.45, 2.75) is 76.4 Å². The molecule has 0 bridgehead atoms. The van der Waals surface area contributed by atoms with Crippen LogP contribution in [0.4, 0.5) is 0 Å². The van der Waals surface area contributed by atoms with Crippen LogP contribution in [0.15, 0.2) is 47.9 Å². The number of ether oxygens (including phenoxy) is 2. The van der Waals surface area contributed by atoms with E-state index in [0.717, 1.165) is 22.8 Å². The molecule has 0 fully saturated rings. The summed E-state index contributed by atoms with van der Waals surface area (Å²) in [6.07, 6.45) is 4.99. The van der Waals surface area contributed by atoms with E-state index in [9.17, 15) is 5.26 Å². The Morgan fingerprint density at radius 3 is 1.87 bits per heavy atom. The Hall–Kier alpha value is -2.19. The quantitative estimate of drug-likeness (QED) is 0.404. The molecule has 5 heteroatoms. The topological polar surface area (TPSA) is 51.5 Å². The maximum absolute atomic E-state index is 9.73. The maximum atomic E-state index is 9.73. The Morgan fingerprint density at radius 2 is 1.43 bits per heavy atom. The number of hydrogen-bond acceptors (Lipinski definition) is 4. The highest BCUT2D eigenvalue weighted by Gasteiger charge is 2.48. The molecule has 0 heterocycles. The van der Waals surface area contributed by atoms with Crippen LogP contribution in [0.3, 0.4) is 0 Å². The van der Waals surface area contributed by atoms with E-state index in [1.54, 1.807) is 14.2 Å². The summed E-state index contributed by atoms with van der Waals surface area (Å²) in [5, 5.41) is 9.73. The molecule has 1 aliphatic carbocycles. The summed E-state index contributed by atoms with van der Waals surface area (Å²) >= 11 is 0. The van der Waals surface area contributed by atoms with Gasteiger partial charge in [-0.3, -0.25) is 0 Å². The molecule has 0 saturated carbocycles. The van der Waals surface area contributed by atoms with Crippen molar-refractivity contribution < 1.29 is 13.9 Å². The van der Waals surface area contributed by atoms with Gasteiger partial charge in [-0.05, 0) is 34.8 Å². The standard InChI is InChI=1S/C25H37NO3Si/c1-18(2)30(19(3)4,20(5)6)29-24-12-10-9-11-23(24)25(13-14-26)16-21(27-7)15-22(17-25)28-8/h9-12,16-20H,13,15H2,1-8H3. The number of rotatable bonds is 9. The van der Waals surface area contributed by atoms with Crippen LogP contribution in [0.25, 0.3) is 0 Å². The van der Waals surface area contributed by atoms with E-state index in [2.05, 4.69) is 71.9 Å². The fourth-order valence-electron chi connectivity index (χ4n) is 5.12. The molecule has 30 heavy (non-hydrogen) atoms. The van der Waals surface area contributed by atoms with Crippen molar-refractivity contribution in [3.8, 4) is 11.8 Å². The lowest BCUT2D eigenvalue weighted by Crippen LogP contribution is -2.51. The number of allylic oxidation sites excluding steroid dienone is 2. The summed E-state index contributed by atoms with van der Waals surface area (Å²) in [6, 6.07) is 10.5. The lowest BCUT2D eigenvalue weighted by Gasteiger charge is -2.43. The van der Waals surface area contributed by atoms with Gasteiger partial charge in [0.25, 0.3) is 8.32 Å². The van der Waals surface area contributed by atoms with E-state index in [1.807, 2.05) is 12.1 Å². The van der Waals surface area contributed by atoms with Crippen LogP contribution in [0.5, 0.6) is 5.75 Å². The Balaban J connectivity index is 2.71. The Bertz CT molecular complexity index is 791. The molecule has 1 aromatic carbocycles. The molecule has 2 rings (SSSR count). The van der Waals surface area contributed by atoms with Crippen molar-refractivity contribution in [1.29, 1.82) is 5.26 Å². The summed E-state index contributed by atoms with van der Waals surface area (Å²) in [4.78, 5) is 0. The van der Waals surface area contributed by atoms with Crippen molar-refractivity contribution in [1.82, 2.24) is 0 Å². The average Bonchev–Trinajstić information content (AvgIpc) is 2.71. The van der Waals surface area contributed by atoms with Crippen LogP contribution < -0.4 is 4.43 Å². The predicted octanol–water partition coefficient (Wildman–Crippen LogP) is 6.86. The highest BCUT2D eigenvalue weighted by molar-refractivity contribution is 6.78. The third-order valence-corrected chi connectivity index (χ3v) is 12.5. The van der Waals surface area contributed by atoms with Gasteiger partial charge in [-0.25, -0.2) is 0 Å². The molecule has 0 radical (unpaired) electrons. The van der Waals surface area contributed by atoms with E-state index in [4.69, 9.17) is 13.9 Å². The van der Waals surface area contributed by atoms with Gasteiger partial charge in [0, 0.05) is 5.56 Å². The third-order valence-electron chi connectivity index (χ3n) is 6.46. The molecular formula is C25H37NO3Si. The summed E-state index contributed by atoms with van der Waals surface area (Å²) in [5.74, 6) is 2.48. The second-order valence-corrected chi connectivity index (χ2v) is 14.5. The molecule has 0 saturated heterocycles. The second kappa shape index (κ2) is 9.74. The van der Waals surface area contributed by atoms with Crippen molar-refractivity contribution in [2.24, 2.45) is 0 Å². The third kappa shape index (κ3) is 4.44.